The van der Waals surface area contributed by atoms with E-state index in [1.54, 1.807) is 11.3 Å². The van der Waals surface area contributed by atoms with E-state index in [-0.39, 0.29) is 0 Å². The molecule has 16 heavy (non-hydrogen) atoms. The molecule has 1 atom stereocenters. The van der Waals surface area contributed by atoms with Gasteiger partial charge in [0.1, 0.15) is 6.10 Å². The van der Waals surface area contributed by atoms with Crippen molar-refractivity contribution in [1.82, 2.24) is 0 Å². The average Bonchev–Trinajstić information content (AvgIpc) is 2.78. The van der Waals surface area contributed by atoms with Crippen LogP contribution in [-0.4, -0.2) is 5.11 Å². The van der Waals surface area contributed by atoms with Crippen molar-refractivity contribution in [2.75, 3.05) is 0 Å². The Labute approximate surface area is 100 Å². The maximum Gasteiger partial charge on any atom is 0.105 e. The molecule has 2 heteroatoms. The molecule has 0 radical (unpaired) electrons. The minimum Gasteiger partial charge on any atom is -0.384 e. The van der Waals surface area contributed by atoms with E-state index < -0.39 is 6.10 Å². The van der Waals surface area contributed by atoms with Gasteiger partial charge in [-0.05, 0) is 33.9 Å². The molecule has 0 saturated carbocycles. The summed E-state index contributed by atoms with van der Waals surface area (Å²) in [6.45, 7) is 2.16. The zero-order valence-corrected chi connectivity index (χ0v) is 10.2. The molecule has 1 aromatic heterocycles. The highest BCUT2D eigenvalue weighted by molar-refractivity contribution is 7.08. The third kappa shape index (κ3) is 2.34. The van der Waals surface area contributed by atoms with E-state index in [0.717, 1.165) is 24.0 Å². The summed E-state index contributed by atoms with van der Waals surface area (Å²) >= 11 is 1.67. The van der Waals surface area contributed by atoms with Crippen molar-refractivity contribution in [2.45, 2.75) is 25.9 Å². The Kier molecular flexibility index (Phi) is 3.75. The Bertz CT molecular complexity index is 433. The zero-order valence-electron chi connectivity index (χ0n) is 9.39. The Morgan fingerprint density at radius 2 is 1.94 bits per heavy atom. The minimum absolute atomic E-state index is 0.478. The Morgan fingerprint density at radius 3 is 2.62 bits per heavy atom. The number of thiophene rings is 1. The van der Waals surface area contributed by atoms with Gasteiger partial charge in [0.2, 0.25) is 0 Å². The summed E-state index contributed by atoms with van der Waals surface area (Å²) in [5.41, 5.74) is 3.32. The van der Waals surface area contributed by atoms with E-state index in [1.807, 2.05) is 30.3 Å². The fourth-order valence-electron chi connectivity index (χ4n) is 1.86. The van der Waals surface area contributed by atoms with Crippen molar-refractivity contribution < 1.29 is 5.11 Å². The van der Waals surface area contributed by atoms with Crippen LogP contribution < -0.4 is 0 Å². The van der Waals surface area contributed by atoms with Crippen LogP contribution in [0.5, 0.6) is 0 Å². The second-order valence-electron chi connectivity index (χ2n) is 3.92. The lowest BCUT2D eigenvalue weighted by Gasteiger charge is -2.11. The molecule has 0 amide bonds. The van der Waals surface area contributed by atoms with Crippen LogP contribution >= 0.6 is 11.3 Å². The average molecular weight is 232 g/mol. The van der Waals surface area contributed by atoms with Gasteiger partial charge in [0.15, 0.2) is 0 Å². The van der Waals surface area contributed by atoms with Gasteiger partial charge in [0.25, 0.3) is 0 Å². The van der Waals surface area contributed by atoms with Crippen LogP contribution in [0, 0.1) is 0 Å². The summed E-state index contributed by atoms with van der Waals surface area (Å²) in [5, 5.41) is 14.5. The van der Waals surface area contributed by atoms with Crippen molar-refractivity contribution in [2.24, 2.45) is 0 Å². The lowest BCUT2D eigenvalue weighted by molar-refractivity contribution is 0.219. The van der Waals surface area contributed by atoms with Gasteiger partial charge in [-0.2, -0.15) is 11.3 Å². The van der Waals surface area contributed by atoms with Gasteiger partial charge >= 0.3 is 0 Å². The van der Waals surface area contributed by atoms with E-state index in [1.165, 1.54) is 5.56 Å². The maximum absolute atomic E-state index is 10.3. The minimum atomic E-state index is -0.478. The predicted octanol–water partition coefficient (Wildman–Crippen LogP) is 3.78. The van der Waals surface area contributed by atoms with Crippen molar-refractivity contribution in [3.63, 3.8) is 0 Å². The van der Waals surface area contributed by atoms with Crippen LogP contribution in [-0.2, 0) is 6.42 Å². The molecule has 2 rings (SSSR count). The van der Waals surface area contributed by atoms with Crippen molar-refractivity contribution in [3.05, 3.63) is 57.8 Å². The topological polar surface area (TPSA) is 20.2 Å². The molecule has 0 fully saturated rings. The number of benzene rings is 1. The van der Waals surface area contributed by atoms with Gasteiger partial charge in [0, 0.05) is 0 Å². The van der Waals surface area contributed by atoms with E-state index in [0.29, 0.717) is 0 Å². The normalized spacial score (nSPS) is 12.6. The fourth-order valence-corrected chi connectivity index (χ4v) is 2.77. The lowest BCUT2D eigenvalue weighted by atomic mass is 9.99. The van der Waals surface area contributed by atoms with Crippen molar-refractivity contribution in [3.8, 4) is 0 Å². The quantitative estimate of drug-likeness (QED) is 0.850. The molecule has 0 aliphatic rings. The maximum atomic E-state index is 10.3. The van der Waals surface area contributed by atoms with Gasteiger partial charge in [-0.3, -0.25) is 0 Å². The molecule has 0 aliphatic heterocycles. The summed E-state index contributed by atoms with van der Waals surface area (Å²) in [6, 6.07) is 9.84. The molecule has 1 unspecified atom stereocenters. The number of aliphatic hydroxyl groups excluding tert-OH is 1. The van der Waals surface area contributed by atoms with E-state index in [4.69, 9.17) is 0 Å². The van der Waals surface area contributed by atoms with Gasteiger partial charge < -0.3 is 5.11 Å². The number of hydrogen-bond donors (Lipinski definition) is 1. The SMILES string of the molecule is CCCc1cscc1C(O)c1ccccc1. The largest absolute Gasteiger partial charge is 0.384 e. The van der Waals surface area contributed by atoms with Crippen LogP contribution in [0.2, 0.25) is 0 Å². The zero-order chi connectivity index (χ0) is 11.4. The van der Waals surface area contributed by atoms with Crippen LogP contribution in [0.15, 0.2) is 41.1 Å². The highest BCUT2D eigenvalue weighted by atomic mass is 32.1. The van der Waals surface area contributed by atoms with Crippen LogP contribution in [0.25, 0.3) is 0 Å². The van der Waals surface area contributed by atoms with Crippen LogP contribution in [0.4, 0.5) is 0 Å². The molecule has 1 N–H and O–H groups in total. The second-order valence-corrected chi connectivity index (χ2v) is 4.66. The standard InChI is InChI=1S/C14H16OS/c1-2-6-12-9-16-10-13(12)14(15)11-7-4-3-5-8-11/h3-5,7-10,14-15H,2,6H2,1H3. The Hall–Kier alpha value is -1.12. The first-order valence-electron chi connectivity index (χ1n) is 5.61. The third-order valence-electron chi connectivity index (χ3n) is 2.71. The number of aryl methyl sites for hydroxylation is 1. The molecule has 2 aromatic rings. The summed E-state index contributed by atoms with van der Waals surface area (Å²) in [4.78, 5) is 0. The Morgan fingerprint density at radius 1 is 1.19 bits per heavy atom. The van der Waals surface area contributed by atoms with Crippen molar-refractivity contribution in [1.29, 1.82) is 0 Å². The van der Waals surface area contributed by atoms with Gasteiger partial charge in [-0.25, -0.2) is 0 Å². The number of hydrogen-bond acceptors (Lipinski definition) is 2. The first kappa shape index (κ1) is 11.4. The highest BCUT2D eigenvalue weighted by Crippen LogP contribution is 2.28. The molecule has 1 heterocycles. The monoisotopic (exact) mass is 232 g/mol. The molecule has 0 aliphatic carbocycles. The molecule has 0 saturated heterocycles. The Balaban J connectivity index is 2.27. The summed E-state index contributed by atoms with van der Waals surface area (Å²) in [6.07, 6.45) is 1.68. The first-order chi connectivity index (χ1) is 7.83. The van der Waals surface area contributed by atoms with Gasteiger partial charge in [0.05, 0.1) is 0 Å². The summed E-state index contributed by atoms with van der Waals surface area (Å²) < 4.78 is 0. The van der Waals surface area contributed by atoms with Crippen LogP contribution in [0.3, 0.4) is 0 Å². The first-order valence-corrected chi connectivity index (χ1v) is 6.55. The van der Waals surface area contributed by atoms with Crippen LogP contribution in [0.1, 0.15) is 36.1 Å². The van der Waals surface area contributed by atoms with E-state index in [9.17, 15) is 5.11 Å². The molecular weight excluding hydrogens is 216 g/mol. The van der Waals surface area contributed by atoms with Gasteiger partial charge in [-0.15, -0.1) is 0 Å². The summed E-state index contributed by atoms with van der Waals surface area (Å²) in [7, 11) is 0. The fraction of sp³-hybridized carbons (Fsp3) is 0.286. The molecule has 0 bridgehead atoms. The van der Waals surface area contributed by atoms with E-state index >= 15 is 0 Å². The van der Waals surface area contributed by atoms with Gasteiger partial charge in [-0.1, -0.05) is 43.7 Å². The van der Waals surface area contributed by atoms with Crippen molar-refractivity contribution >= 4 is 11.3 Å². The molecule has 1 nitrogen and oxygen atoms in total. The highest BCUT2D eigenvalue weighted by Gasteiger charge is 2.14. The molecule has 1 aromatic carbocycles. The molecule has 84 valence electrons. The summed E-state index contributed by atoms with van der Waals surface area (Å²) in [5.74, 6) is 0. The molecular formula is C14H16OS. The predicted molar refractivity (Wildman–Crippen MR) is 68.8 cm³/mol. The third-order valence-corrected chi connectivity index (χ3v) is 3.52. The molecule has 0 spiro atoms. The number of rotatable bonds is 4. The number of aliphatic hydroxyl groups is 1. The smallest absolute Gasteiger partial charge is 0.105 e. The van der Waals surface area contributed by atoms with E-state index in [2.05, 4.69) is 17.7 Å². The lowest BCUT2D eigenvalue weighted by Crippen LogP contribution is -2.01. The second kappa shape index (κ2) is 5.28.